The lowest BCUT2D eigenvalue weighted by Crippen LogP contribution is -2.34. The van der Waals surface area contributed by atoms with Crippen LogP contribution in [0.3, 0.4) is 0 Å². The first-order chi connectivity index (χ1) is 10.6. The first kappa shape index (κ1) is 15.6. The second-order valence-electron chi connectivity index (χ2n) is 5.04. The molecule has 2 rings (SSSR count). The standard InChI is InChI=1S/C16H20N4O2/c1-11(2)18-16(21)20-13-7-8-15(17-10-13)19-12-5-4-6-14(9-12)22-3/h4-11H,1-3H3,(H,17,19)(H2,18,20,21). The lowest BCUT2D eigenvalue weighted by Gasteiger charge is -2.11. The van der Waals surface area contributed by atoms with Crippen LogP contribution in [0.4, 0.5) is 22.0 Å². The number of nitrogens with zero attached hydrogens (tertiary/aromatic N) is 1. The summed E-state index contributed by atoms with van der Waals surface area (Å²) in [5, 5.41) is 8.65. The van der Waals surface area contributed by atoms with E-state index >= 15 is 0 Å². The largest absolute Gasteiger partial charge is 0.497 e. The van der Waals surface area contributed by atoms with Gasteiger partial charge in [0.25, 0.3) is 0 Å². The van der Waals surface area contributed by atoms with Crippen molar-refractivity contribution in [2.75, 3.05) is 17.7 Å². The SMILES string of the molecule is COc1cccc(Nc2ccc(NC(=O)NC(C)C)cn2)c1. The van der Waals surface area contributed by atoms with Crippen molar-refractivity contribution in [1.29, 1.82) is 0 Å². The van der Waals surface area contributed by atoms with Crippen molar-refractivity contribution >= 4 is 23.2 Å². The number of pyridine rings is 1. The van der Waals surface area contributed by atoms with Gasteiger partial charge in [0, 0.05) is 17.8 Å². The molecule has 0 fully saturated rings. The number of carbonyl (C=O) groups is 1. The number of hydrogen-bond acceptors (Lipinski definition) is 4. The maximum atomic E-state index is 11.6. The predicted octanol–water partition coefficient (Wildman–Crippen LogP) is 3.36. The van der Waals surface area contributed by atoms with Crippen LogP contribution in [0.2, 0.25) is 0 Å². The maximum Gasteiger partial charge on any atom is 0.319 e. The van der Waals surface area contributed by atoms with Gasteiger partial charge in [0.2, 0.25) is 0 Å². The van der Waals surface area contributed by atoms with E-state index < -0.39 is 0 Å². The van der Waals surface area contributed by atoms with Crippen molar-refractivity contribution in [3.05, 3.63) is 42.6 Å². The molecule has 1 aromatic carbocycles. The van der Waals surface area contributed by atoms with Gasteiger partial charge in [-0.15, -0.1) is 0 Å². The third-order valence-corrected chi connectivity index (χ3v) is 2.78. The van der Waals surface area contributed by atoms with Crippen LogP contribution in [0.1, 0.15) is 13.8 Å². The van der Waals surface area contributed by atoms with E-state index in [9.17, 15) is 4.79 Å². The minimum absolute atomic E-state index is 0.0851. The van der Waals surface area contributed by atoms with Gasteiger partial charge in [0.1, 0.15) is 11.6 Å². The topological polar surface area (TPSA) is 75.3 Å². The molecule has 116 valence electrons. The second-order valence-corrected chi connectivity index (χ2v) is 5.04. The van der Waals surface area contributed by atoms with Crippen LogP contribution < -0.4 is 20.7 Å². The monoisotopic (exact) mass is 300 g/mol. The van der Waals surface area contributed by atoms with Gasteiger partial charge in [0.15, 0.2) is 0 Å². The Kier molecular flexibility index (Phi) is 5.19. The summed E-state index contributed by atoms with van der Waals surface area (Å²) in [5.74, 6) is 1.46. The molecule has 2 amide bonds. The van der Waals surface area contributed by atoms with Crippen LogP contribution in [-0.2, 0) is 0 Å². The van der Waals surface area contributed by atoms with Crippen LogP contribution >= 0.6 is 0 Å². The van der Waals surface area contributed by atoms with Gasteiger partial charge in [0.05, 0.1) is 19.0 Å². The van der Waals surface area contributed by atoms with Crippen LogP contribution in [0.25, 0.3) is 0 Å². The van der Waals surface area contributed by atoms with Gasteiger partial charge in [-0.3, -0.25) is 0 Å². The Balaban J connectivity index is 1.98. The molecule has 22 heavy (non-hydrogen) atoms. The highest BCUT2D eigenvalue weighted by Crippen LogP contribution is 2.20. The molecule has 0 radical (unpaired) electrons. The third-order valence-electron chi connectivity index (χ3n) is 2.78. The molecule has 0 aliphatic rings. The molecule has 2 aromatic rings. The predicted molar refractivity (Wildman–Crippen MR) is 87.8 cm³/mol. The van der Waals surface area contributed by atoms with Crippen LogP contribution in [0.5, 0.6) is 5.75 Å². The Hall–Kier alpha value is -2.76. The number of carbonyl (C=O) groups excluding carboxylic acids is 1. The number of nitrogens with one attached hydrogen (secondary N) is 3. The van der Waals surface area contributed by atoms with Crippen LogP contribution in [0.15, 0.2) is 42.6 Å². The number of aromatic nitrogens is 1. The molecule has 6 heteroatoms. The number of anilines is 3. The lowest BCUT2D eigenvalue weighted by atomic mass is 10.3. The summed E-state index contributed by atoms with van der Waals surface area (Å²) in [5.41, 5.74) is 1.51. The van der Waals surface area contributed by atoms with Gasteiger partial charge in [-0.05, 0) is 38.1 Å². The average molecular weight is 300 g/mol. The van der Waals surface area contributed by atoms with Crippen LogP contribution in [0, 0.1) is 0 Å². The van der Waals surface area contributed by atoms with E-state index in [2.05, 4.69) is 20.9 Å². The van der Waals surface area contributed by atoms with Crippen molar-refractivity contribution in [3.63, 3.8) is 0 Å². The molecule has 0 aliphatic heterocycles. The minimum atomic E-state index is -0.245. The molecular weight excluding hydrogens is 280 g/mol. The normalized spacial score (nSPS) is 10.2. The number of benzene rings is 1. The molecular formula is C16H20N4O2. The molecule has 0 atom stereocenters. The van der Waals surface area contributed by atoms with E-state index in [1.165, 1.54) is 0 Å². The Bertz CT molecular complexity index is 626. The smallest absolute Gasteiger partial charge is 0.319 e. The molecule has 3 N–H and O–H groups in total. The molecule has 1 heterocycles. The van der Waals surface area contributed by atoms with Gasteiger partial charge >= 0.3 is 6.03 Å². The zero-order valence-corrected chi connectivity index (χ0v) is 12.9. The number of amides is 2. The fraction of sp³-hybridized carbons (Fsp3) is 0.250. The number of hydrogen-bond donors (Lipinski definition) is 3. The first-order valence-corrected chi connectivity index (χ1v) is 7.01. The van der Waals surface area contributed by atoms with Gasteiger partial charge < -0.3 is 20.7 Å². The number of ether oxygens (including phenoxy) is 1. The van der Waals surface area contributed by atoms with E-state index in [-0.39, 0.29) is 12.1 Å². The van der Waals surface area contributed by atoms with E-state index in [1.54, 1.807) is 25.4 Å². The molecule has 0 saturated carbocycles. The number of urea groups is 1. The summed E-state index contributed by atoms with van der Waals surface area (Å²) in [6, 6.07) is 11.0. The van der Waals surface area contributed by atoms with Gasteiger partial charge in [-0.1, -0.05) is 6.07 Å². The Morgan fingerprint density at radius 3 is 2.64 bits per heavy atom. The summed E-state index contributed by atoms with van der Waals surface area (Å²) < 4.78 is 5.17. The van der Waals surface area contributed by atoms with Crippen molar-refractivity contribution in [2.45, 2.75) is 19.9 Å². The van der Waals surface area contributed by atoms with Crippen molar-refractivity contribution in [1.82, 2.24) is 10.3 Å². The zero-order valence-electron chi connectivity index (χ0n) is 12.9. The number of rotatable bonds is 5. The average Bonchev–Trinajstić information content (AvgIpc) is 2.48. The summed E-state index contributed by atoms with van der Waals surface area (Å²) in [7, 11) is 1.63. The maximum absolute atomic E-state index is 11.6. The fourth-order valence-electron chi connectivity index (χ4n) is 1.82. The summed E-state index contributed by atoms with van der Waals surface area (Å²) in [6.45, 7) is 3.80. The highest BCUT2D eigenvalue weighted by molar-refractivity contribution is 5.89. The third kappa shape index (κ3) is 4.66. The van der Waals surface area contributed by atoms with E-state index in [4.69, 9.17) is 4.74 Å². The van der Waals surface area contributed by atoms with Crippen molar-refractivity contribution in [2.24, 2.45) is 0 Å². The van der Waals surface area contributed by atoms with E-state index in [0.717, 1.165) is 11.4 Å². The van der Waals surface area contributed by atoms with E-state index in [0.29, 0.717) is 11.5 Å². The second kappa shape index (κ2) is 7.31. The quantitative estimate of drug-likeness (QED) is 0.791. The molecule has 0 spiro atoms. The highest BCUT2D eigenvalue weighted by atomic mass is 16.5. The van der Waals surface area contributed by atoms with Gasteiger partial charge in [-0.25, -0.2) is 9.78 Å². The molecule has 6 nitrogen and oxygen atoms in total. The zero-order chi connectivity index (χ0) is 15.9. The molecule has 0 saturated heterocycles. The Morgan fingerprint density at radius 1 is 1.18 bits per heavy atom. The minimum Gasteiger partial charge on any atom is -0.497 e. The summed E-state index contributed by atoms with van der Waals surface area (Å²) >= 11 is 0. The Labute approximate surface area is 129 Å². The first-order valence-electron chi connectivity index (χ1n) is 7.01. The summed E-state index contributed by atoms with van der Waals surface area (Å²) in [4.78, 5) is 15.9. The Morgan fingerprint density at radius 2 is 2.00 bits per heavy atom. The van der Waals surface area contributed by atoms with Crippen molar-refractivity contribution in [3.8, 4) is 5.75 Å². The van der Waals surface area contributed by atoms with Crippen molar-refractivity contribution < 1.29 is 9.53 Å². The van der Waals surface area contributed by atoms with Gasteiger partial charge in [-0.2, -0.15) is 0 Å². The lowest BCUT2D eigenvalue weighted by molar-refractivity contribution is 0.250. The molecule has 0 aliphatic carbocycles. The highest BCUT2D eigenvalue weighted by Gasteiger charge is 2.04. The van der Waals surface area contributed by atoms with Crippen LogP contribution in [-0.4, -0.2) is 24.2 Å². The molecule has 0 unspecified atom stereocenters. The fourth-order valence-corrected chi connectivity index (χ4v) is 1.82. The molecule has 1 aromatic heterocycles. The number of methoxy groups -OCH3 is 1. The summed E-state index contributed by atoms with van der Waals surface area (Å²) in [6.07, 6.45) is 1.60. The molecule has 0 bridgehead atoms. The van der Waals surface area contributed by atoms with E-state index in [1.807, 2.05) is 38.1 Å².